The van der Waals surface area contributed by atoms with Crippen LogP contribution in [-0.2, 0) is 0 Å². The van der Waals surface area contributed by atoms with Crippen LogP contribution in [-0.4, -0.2) is 7.05 Å². The molecule has 1 aliphatic rings. The van der Waals surface area contributed by atoms with Gasteiger partial charge in [-0.15, -0.1) is 0 Å². The van der Waals surface area contributed by atoms with Gasteiger partial charge in [-0.2, -0.15) is 0 Å². The minimum atomic E-state index is 0.251. The minimum Gasteiger partial charge on any atom is -0.313 e. The lowest BCUT2D eigenvalue weighted by atomic mass is 9.91. The average Bonchev–Trinajstić information content (AvgIpc) is 2.41. The summed E-state index contributed by atoms with van der Waals surface area (Å²) in [4.78, 5) is 0. The van der Waals surface area contributed by atoms with E-state index in [0.29, 0.717) is 10.0 Å². The van der Waals surface area contributed by atoms with Gasteiger partial charge in [-0.25, -0.2) is 0 Å². The van der Waals surface area contributed by atoms with Crippen LogP contribution in [0, 0.1) is 0 Å². The maximum atomic E-state index is 6.29. The second kappa shape index (κ2) is 6.60. The summed E-state index contributed by atoms with van der Waals surface area (Å²) in [5.41, 5.74) is 2.63. The number of halogens is 2. The Hall–Kier alpha value is -0.500. The van der Waals surface area contributed by atoms with Crippen LogP contribution in [0.15, 0.2) is 29.8 Å². The van der Waals surface area contributed by atoms with Gasteiger partial charge < -0.3 is 5.32 Å². The quantitative estimate of drug-likeness (QED) is 0.754. The summed E-state index contributed by atoms with van der Waals surface area (Å²) < 4.78 is 0. The predicted octanol–water partition coefficient (Wildman–Crippen LogP) is 5.14. The third-order valence-corrected chi connectivity index (χ3v) is 4.39. The molecule has 1 N–H and O–H groups in total. The Balaban J connectivity index is 2.17. The Labute approximate surface area is 119 Å². The van der Waals surface area contributed by atoms with E-state index >= 15 is 0 Å². The molecule has 98 valence electrons. The first-order valence-corrected chi connectivity index (χ1v) is 7.27. The zero-order chi connectivity index (χ0) is 13.0. The molecule has 1 aromatic carbocycles. The van der Waals surface area contributed by atoms with Crippen LogP contribution in [0.25, 0.3) is 0 Å². The fraction of sp³-hybridized carbons (Fsp3) is 0.467. The van der Waals surface area contributed by atoms with E-state index in [4.69, 9.17) is 23.2 Å². The lowest BCUT2D eigenvalue weighted by Crippen LogP contribution is -2.18. The molecule has 3 heteroatoms. The molecular formula is C15H19Cl2N. The number of benzene rings is 1. The second-order valence-corrected chi connectivity index (χ2v) is 5.58. The molecule has 0 radical (unpaired) electrons. The Kier molecular flexibility index (Phi) is 5.11. The third-order valence-electron chi connectivity index (χ3n) is 3.56. The SMILES string of the molecule is CNC(CC1=CCCCC1)c1cccc(Cl)c1Cl. The van der Waals surface area contributed by atoms with Crippen molar-refractivity contribution in [3.8, 4) is 0 Å². The highest BCUT2D eigenvalue weighted by Crippen LogP contribution is 2.34. The maximum Gasteiger partial charge on any atom is 0.0640 e. The van der Waals surface area contributed by atoms with E-state index < -0.39 is 0 Å². The van der Waals surface area contributed by atoms with Gasteiger partial charge in [0.05, 0.1) is 10.0 Å². The largest absolute Gasteiger partial charge is 0.313 e. The summed E-state index contributed by atoms with van der Waals surface area (Å²) in [7, 11) is 1.98. The fourth-order valence-electron chi connectivity index (χ4n) is 2.51. The normalized spacial score (nSPS) is 17.4. The Morgan fingerprint density at radius 3 is 2.78 bits per heavy atom. The van der Waals surface area contributed by atoms with Gasteiger partial charge in [0, 0.05) is 6.04 Å². The summed E-state index contributed by atoms with van der Waals surface area (Å²) in [6.07, 6.45) is 8.48. The molecule has 0 bridgehead atoms. The molecule has 0 amide bonds. The highest BCUT2D eigenvalue weighted by atomic mass is 35.5. The van der Waals surface area contributed by atoms with Gasteiger partial charge in [-0.3, -0.25) is 0 Å². The van der Waals surface area contributed by atoms with E-state index in [1.807, 2.05) is 19.2 Å². The van der Waals surface area contributed by atoms with Crippen LogP contribution in [0.5, 0.6) is 0 Å². The van der Waals surface area contributed by atoms with Gasteiger partial charge >= 0.3 is 0 Å². The van der Waals surface area contributed by atoms with E-state index in [2.05, 4.69) is 17.5 Å². The molecule has 0 saturated heterocycles. The Morgan fingerprint density at radius 1 is 1.28 bits per heavy atom. The average molecular weight is 284 g/mol. The van der Waals surface area contributed by atoms with E-state index in [1.54, 1.807) is 0 Å². The van der Waals surface area contributed by atoms with Crippen LogP contribution in [0.1, 0.15) is 43.7 Å². The third kappa shape index (κ3) is 3.28. The molecule has 1 atom stereocenters. The summed E-state index contributed by atoms with van der Waals surface area (Å²) >= 11 is 12.4. The van der Waals surface area contributed by atoms with Crippen LogP contribution in [0.3, 0.4) is 0 Å². The van der Waals surface area contributed by atoms with Crippen molar-refractivity contribution in [2.24, 2.45) is 0 Å². The minimum absolute atomic E-state index is 0.251. The number of nitrogens with one attached hydrogen (secondary N) is 1. The van der Waals surface area contributed by atoms with Gasteiger partial charge in [0.25, 0.3) is 0 Å². The molecule has 18 heavy (non-hydrogen) atoms. The lowest BCUT2D eigenvalue weighted by molar-refractivity contribution is 0.559. The van der Waals surface area contributed by atoms with Crippen LogP contribution in [0.2, 0.25) is 10.0 Å². The van der Waals surface area contributed by atoms with Crippen molar-refractivity contribution in [2.45, 2.75) is 38.1 Å². The smallest absolute Gasteiger partial charge is 0.0640 e. The summed E-state index contributed by atoms with van der Waals surface area (Å²) in [6.45, 7) is 0. The predicted molar refractivity (Wildman–Crippen MR) is 79.4 cm³/mol. The van der Waals surface area contributed by atoms with Crippen molar-refractivity contribution in [1.29, 1.82) is 0 Å². The highest BCUT2D eigenvalue weighted by molar-refractivity contribution is 6.42. The van der Waals surface area contributed by atoms with Crippen molar-refractivity contribution in [1.82, 2.24) is 5.32 Å². The zero-order valence-corrected chi connectivity index (χ0v) is 12.2. The van der Waals surface area contributed by atoms with E-state index in [1.165, 1.54) is 31.3 Å². The first-order chi connectivity index (χ1) is 8.72. The molecule has 0 aromatic heterocycles. The monoisotopic (exact) mass is 283 g/mol. The molecule has 0 heterocycles. The fourth-order valence-corrected chi connectivity index (χ4v) is 2.95. The number of hydrogen-bond acceptors (Lipinski definition) is 1. The number of hydrogen-bond donors (Lipinski definition) is 1. The topological polar surface area (TPSA) is 12.0 Å². The standard InChI is InChI=1S/C15H19Cl2N/c1-18-14(10-11-6-3-2-4-7-11)12-8-5-9-13(16)15(12)17/h5-6,8-9,14,18H,2-4,7,10H2,1H3. The van der Waals surface area contributed by atoms with Gasteiger partial charge in [0.15, 0.2) is 0 Å². The van der Waals surface area contributed by atoms with Gasteiger partial charge in [-0.1, -0.05) is 47.0 Å². The van der Waals surface area contributed by atoms with Gasteiger partial charge in [-0.05, 0) is 50.8 Å². The zero-order valence-electron chi connectivity index (χ0n) is 10.7. The second-order valence-electron chi connectivity index (χ2n) is 4.80. The molecular weight excluding hydrogens is 265 g/mol. The van der Waals surface area contributed by atoms with Crippen molar-refractivity contribution < 1.29 is 0 Å². The van der Waals surface area contributed by atoms with Gasteiger partial charge in [0.2, 0.25) is 0 Å². The molecule has 1 unspecified atom stereocenters. The van der Waals surface area contributed by atoms with Crippen LogP contribution in [0.4, 0.5) is 0 Å². The van der Waals surface area contributed by atoms with Gasteiger partial charge in [0.1, 0.15) is 0 Å². The molecule has 0 saturated carbocycles. The van der Waals surface area contributed by atoms with E-state index in [9.17, 15) is 0 Å². The molecule has 1 nitrogen and oxygen atoms in total. The molecule has 0 spiro atoms. The van der Waals surface area contributed by atoms with Crippen LogP contribution < -0.4 is 5.32 Å². The highest BCUT2D eigenvalue weighted by Gasteiger charge is 2.17. The van der Waals surface area contributed by atoms with E-state index in [0.717, 1.165) is 12.0 Å². The van der Waals surface area contributed by atoms with Crippen molar-refractivity contribution in [3.05, 3.63) is 45.5 Å². The molecule has 1 aliphatic carbocycles. The first-order valence-electron chi connectivity index (χ1n) is 6.51. The first kappa shape index (κ1) is 13.9. The lowest BCUT2D eigenvalue weighted by Gasteiger charge is -2.22. The van der Waals surface area contributed by atoms with Crippen LogP contribution >= 0.6 is 23.2 Å². The summed E-state index contributed by atoms with van der Waals surface area (Å²) in [5.74, 6) is 0. The Morgan fingerprint density at radius 2 is 2.11 bits per heavy atom. The molecule has 2 rings (SSSR count). The Bertz CT molecular complexity index is 440. The number of rotatable bonds is 4. The van der Waals surface area contributed by atoms with E-state index in [-0.39, 0.29) is 6.04 Å². The summed E-state index contributed by atoms with van der Waals surface area (Å²) in [5, 5.41) is 4.66. The maximum absolute atomic E-state index is 6.29. The summed E-state index contributed by atoms with van der Waals surface area (Å²) in [6, 6.07) is 6.10. The number of allylic oxidation sites excluding steroid dienone is 1. The molecule has 0 aliphatic heterocycles. The molecule has 0 fully saturated rings. The van der Waals surface area contributed by atoms with Crippen molar-refractivity contribution in [2.75, 3.05) is 7.05 Å². The molecule has 1 aromatic rings. The van der Waals surface area contributed by atoms with Crippen molar-refractivity contribution in [3.63, 3.8) is 0 Å². The van der Waals surface area contributed by atoms with Crippen molar-refractivity contribution >= 4 is 23.2 Å².